The van der Waals surface area contributed by atoms with Crippen molar-refractivity contribution in [2.24, 2.45) is 0 Å². The quantitative estimate of drug-likeness (QED) is 0.576. The maximum Gasteiger partial charge on any atom is 0.344 e. The van der Waals surface area contributed by atoms with E-state index in [0.717, 1.165) is 0 Å². The zero-order valence-electron chi connectivity index (χ0n) is 14.5. The van der Waals surface area contributed by atoms with Crippen molar-refractivity contribution in [1.82, 2.24) is 0 Å². The van der Waals surface area contributed by atoms with Gasteiger partial charge in [-0.2, -0.15) is 0 Å². The normalized spacial score (nSPS) is 9.92. The summed E-state index contributed by atoms with van der Waals surface area (Å²) in [6.45, 7) is 0.705. The minimum atomic E-state index is -0.675. The fourth-order valence-electron chi connectivity index (χ4n) is 1.99. The van der Waals surface area contributed by atoms with Crippen LogP contribution in [0.15, 0.2) is 48.5 Å². The largest absolute Gasteiger partial charge is 0.497 e. The first-order chi connectivity index (χ1) is 12.5. The first-order valence-corrected chi connectivity index (χ1v) is 7.81. The summed E-state index contributed by atoms with van der Waals surface area (Å²) < 4.78 is 15.1. The molecule has 2 aromatic rings. The molecule has 0 fully saturated rings. The molecule has 2 aromatic carbocycles. The Labute approximate surface area is 150 Å². The molecule has 2 rings (SSSR count). The lowest BCUT2D eigenvalue weighted by Gasteiger charge is -2.08. The molecular weight excluding hydrogens is 338 g/mol. The van der Waals surface area contributed by atoms with Gasteiger partial charge >= 0.3 is 5.97 Å². The molecule has 0 aliphatic heterocycles. The Balaban J connectivity index is 1.71. The Kier molecular flexibility index (Phi) is 6.73. The van der Waals surface area contributed by atoms with Gasteiger partial charge in [-0.05, 0) is 55.5 Å². The molecule has 0 bridgehead atoms. The van der Waals surface area contributed by atoms with Gasteiger partial charge in [-0.15, -0.1) is 0 Å². The molecule has 0 unspecified atom stereocenters. The molecule has 1 amide bonds. The van der Waals surface area contributed by atoms with Gasteiger partial charge in [0.2, 0.25) is 0 Å². The number of Topliss-reactive ketones (excluding diaryl/α,β-unsaturated/α-hetero) is 1. The topological polar surface area (TPSA) is 90.9 Å². The highest BCUT2D eigenvalue weighted by atomic mass is 16.6. The van der Waals surface area contributed by atoms with Crippen molar-refractivity contribution >= 4 is 23.3 Å². The number of esters is 1. The lowest BCUT2D eigenvalue weighted by Crippen LogP contribution is -2.23. The van der Waals surface area contributed by atoms with Crippen LogP contribution in [-0.2, 0) is 14.3 Å². The second-order valence-electron chi connectivity index (χ2n) is 5.31. The molecule has 0 spiro atoms. The number of methoxy groups -OCH3 is 1. The molecule has 0 aliphatic carbocycles. The predicted molar refractivity (Wildman–Crippen MR) is 94.5 cm³/mol. The molecule has 0 heterocycles. The van der Waals surface area contributed by atoms with Crippen molar-refractivity contribution in [3.63, 3.8) is 0 Å². The molecule has 26 heavy (non-hydrogen) atoms. The van der Waals surface area contributed by atoms with E-state index in [-0.39, 0.29) is 12.4 Å². The van der Waals surface area contributed by atoms with Gasteiger partial charge in [0.1, 0.15) is 11.5 Å². The van der Waals surface area contributed by atoms with Gasteiger partial charge < -0.3 is 19.5 Å². The summed E-state index contributed by atoms with van der Waals surface area (Å²) in [4.78, 5) is 34.6. The standard InChI is InChI=1S/C19H19NO6/c1-13(21)14-3-7-17(8-4-14)25-12-19(23)26-11-18(22)20-15-5-9-16(24-2)10-6-15/h3-10H,11-12H2,1-2H3,(H,20,22). The van der Waals surface area contributed by atoms with Crippen LogP contribution in [0.5, 0.6) is 11.5 Å². The summed E-state index contributed by atoms with van der Waals surface area (Å²) in [6, 6.07) is 13.1. The molecule has 0 saturated carbocycles. The lowest BCUT2D eigenvalue weighted by atomic mass is 10.1. The predicted octanol–water partition coefficient (Wildman–Crippen LogP) is 2.46. The van der Waals surface area contributed by atoms with Crippen LogP contribution < -0.4 is 14.8 Å². The van der Waals surface area contributed by atoms with E-state index < -0.39 is 18.5 Å². The molecule has 7 nitrogen and oxygen atoms in total. The van der Waals surface area contributed by atoms with Crippen molar-refractivity contribution in [1.29, 1.82) is 0 Å². The van der Waals surface area contributed by atoms with Gasteiger partial charge in [0.25, 0.3) is 5.91 Å². The maximum absolute atomic E-state index is 11.8. The third-order valence-electron chi connectivity index (χ3n) is 3.36. The van der Waals surface area contributed by atoms with Crippen LogP contribution in [0, 0.1) is 0 Å². The number of hydrogen-bond acceptors (Lipinski definition) is 6. The van der Waals surface area contributed by atoms with E-state index in [4.69, 9.17) is 14.2 Å². The maximum atomic E-state index is 11.8. The van der Waals surface area contributed by atoms with Gasteiger partial charge in [-0.1, -0.05) is 0 Å². The molecule has 0 saturated heterocycles. The smallest absolute Gasteiger partial charge is 0.344 e. The molecule has 7 heteroatoms. The third-order valence-corrected chi connectivity index (χ3v) is 3.36. The molecule has 0 radical (unpaired) electrons. The number of nitrogens with one attached hydrogen (secondary N) is 1. The molecule has 136 valence electrons. The summed E-state index contributed by atoms with van der Waals surface area (Å²) >= 11 is 0. The van der Waals surface area contributed by atoms with E-state index in [1.807, 2.05) is 0 Å². The average molecular weight is 357 g/mol. The van der Waals surface area contributed by atoms with Crippen molar-refractivity contribution in [3.8, 4) is 11.5 Å². The van der Waals surface area contributed by atoms with Crippen LogP contribution in [-0.4, -0.2) is 38.0 Å². The van der Waals surface area contributed by atoms with Crippen LogP contribution in [0.2, 0.25) is 0 Å². The first-order valence-electron chi connectivity index (χ1n) is 7.81. The number of carbonyl (C=O) groups is 3. The molecule has 0 aliphatic rings. The number of ketones is 1. The van der Waals surface area contributed by atoms with Gasteiger partial charge in [-0.3, -0.25) is 9.59 Å². The highest BCUT2D eigenvalue weighted by molar-refractivity contribution is 5.94. The fourth-order valence-corrected chi connectivity index (χ4v) is 1.99. The van der Waals surface area contributed by atoms with Crippen LogP contribution in [0.3, 0.4) is 0 Å². The summed E-state index contributed by atoms with van der Waals surface area (Å²) in [5, 5.41) is 2.59. The van der Waals surface area contributed by atoms with Crippen LogP contribution in [0.4, 0.5) is 5.69 Å². The van der Waals surface area contributed by atoms with E-state index in [1.54, 1.807) is 55.6 Å². The Morgan fingerprint density at radius 3 is 2.08 bits per heavy atom. The molecular formula is C19H19NO6. The summed E-state index contributed by atoms with van der Waals surface area (Å²) in [7, 11) is 1.55. The number of benzene rings is 2. The average Bonchev–Trinajstić information content (AvgIpc) is 2.65. The van der Waals surface area contributed by atoms with E-state index in [2.05, 4.69) is 5.32 Å². The molecule has 0 aromatic heterocycles. The summed E-state index contributed by atoms with van der Waals surface area (Å²) in [5.74, 6) is -0.101. The number of ether oxygens (including phenoxy) is 3. The van der Waals surface area contributed by atoms with Gasteiger partial charge in [-0.25, -0.2) is 4.79 Å². The number of hydrogen-bond donors (Lipinski definition) is 1. The van der Waals surface area contributed by atoms with Crippen LogP contribution >= 0.6 is 0 Å². The number of anilines is 1. The summed E-state index contributed by atoms with van der Waals surface area (Å²) in [5.41, 5.74) is 1.11. The Morgan fingerprint density at radius 2 is 1.50 bits per heavy atom. The molecule has 1 N–H and O–H groups in total. The van der Waals surface area contributed by atoms with Crippen LogP contribution in [0.1, 0.15) is 17.3 Å². The monoisotopic (exact) mass is 357 g/mol. The van der Waals surface area contributed by atoms with Crippen molar-refractivity contribution in [3.05, 3.63) is 54.1 Å². The van der Waals surface area contributed by atoms with Gasteiger partial charge in [0.15, 0.2) is 19.0 Å². The van der Waals surface area contributed by atoms with E-state index in [9.17, 15) is 14.4 Å². The fraction of sp³-hybridized carbons (Fsp3) is 0.211. The number of rotatable bonds is 8. The molecule has 0 atom stereocenters. The zero-order valence-corrected chi connectivity index (χ0v) is 14.5. The third kappa shape index (κ3) is 5.94. The first kappa shape index (κ1) is 19.0. The lowest BCUT2D eigenvalue weighted by molar-refractivity contribution is -0.149. The number of amides is 1. The number of carbonyl (C=O) groups excluding carboxylic acids is 3. The summed E-state index contributed by atoms with van der Waals surface area (Å²) in [6.07, 6.45) is 0. The van der Waals surface area contributed by atoms with E-state index in [1.165, 1.54) is 6.92 Å². The Hall–Kier alpha value is -3.35. The van der Waals surface area contributed by atoms with E-state index >= 15 is 0 Å². The van der Waals surface area contributed by atoms with E-state index in [0.29, 0.717) is 22.7 Å². The Bertz CT molecular complexity index is 768. The van der Waals surface area contributed by atoms with Gasteiger partial charge in [0, 0.05) is 11.3 Å². The van der Waals surface area contributed by atoms with Crippen molar-refractivity contribution in [2.45, 2.75) is 6.92 Å². The van der Waals surface area contributed by atoms with Crippen LogP contribution in [0.25, 0.3) is 0 Å². The highest BCUT2D eigenvalue weighted by Crippen LogP contribution is 2.15. The van der Waals surface area contributed by atoms with Crippen molar-refractivity contribution in [2.75, 3.05) is 25.6 Å². The van der Waals surface area contributed by atoms with Gasteiger partial charge in [0.05, 0.1) is 7.11 Å². The second kappa shape index (κ2) is 9.22. The zero-order chi connectivity index (χ0) is 18.9. The minimum Gasteiger partial charge on any atom is -0.497 e. The Morgan fingerprint density at radius 1 is 0.885 bits per heavy atom. The SMILES string of the molecule is COc1ccc(NC(=O)COC(=O)COc2ccc(C(C)=O)cc2)cc1. The van der Waals surface area contributed by atoms with Crippen molar-refractivity contribution < 1.29 is 28.6 Å². The minimum absolute atomic E-state index is 0.0566. The highest BCUT2D eigenvalue weighted by Gasteiger charge is 2.09. The second-order valence-corrected chi connectivity index (χ2v) is 5.31.